The van der Waals surface area contributed by atoms with E-state index < -0.39 is 0 Å². The third-order valence-corrected chi connectivity index (χ3v) is 8.10. The van der Waals surface area contributed by atoms with Gasteiger partial charge in [-0.2, -0.15) is 0 Å². The molecule has 0 bridgehead atoms. The lowest BCUT2D eigenvalue weighted by Gasteiger charge is -2.42. The number of ether oxygens (including phenoxy) is 1. The highest BCUT2D eigenvalue weighted by molar-refractivity contribution is 5.98. The molecule has 2 heterocycles. The number of hydrogen-bond donors (Lipinski definition) is 2. The Balaban J connectivity index is 1.21. The molecule has 0 saturated carbocycles. The van der Waals surface area contributed by atoms with E-state index in [1.165, 1.54) is 5.56 Å². The second-order valence-corrected chi connectivity index (χ2v) is 11.1. The maximum atomic E-state index is 13.8. The van der Waals surface area contributed by atoms with E-state index in [1.54, 1.807) is 0 Å². The number of piperidine rings is 1. The highest BCUT2D eigenvalue weighted by atomic mass is 16.5. The molecule has 3 N–H and O–H groups in total. The summed E-state index contributed by atoms with van der Waals surface area (Å²) in [6.07, 6.45) is 3.29. The topological polar surface area (TPSA) is 85.9 Å². The smallest absolute Gasteiger partial charge is 0.324 e. The summed E-state index contributed by atoms with van der Waals surface area (Å²) < 4.78 is 6.13. The Morgan fingerprint density at radius 1 is 0.875 bits per heavy atom. The fraction of sp³-hybridized carbons (Fsp3) is 0.394. The van der Waals surface area contributed by atoms with Crippen LogP contribution in [0.3, 0.4) is 0 Å². The molecule has 3 aromatic rings. The van der Waals surface area contributed by atoms with Crippen LogP contribution in [0.1, 0.15) is 29.5 Å². The van der Waals surface area contributed by atoms with Crippen molar-refractivity contribution in [2.75, 3.05) is 50.8 Å². The van der Waals surface area contributed by atoms with Crippen LogP contribution in [0, 0.1) is 17.2 Å². The number of rotatable bonds is 11. The molecule has 0 aromatic heterocycles. The van der Waals surface area contributed by atoms with Crippen molar-refractivity contribution >= 4 is 17.6 Å². The Hall–Kier alpha value is -3.68. The van der Waals surface area contributed by atoms with Gasteiger partial charge in [0.15, 0.2) is 0 Å². The number of amides is 2. The molecule has 2 aliphatic rings. The van der Waals surface area contributed by atoms with E-state index in [-0.39, 0.29) is 17.8 Å². The number of amidine groups is 1. The van der Waals surface area contributed by atoms with Crippen LogP contribution >= 0.6 is 0 Å². The molecular weight excluding hydrogens is 498 g/mol. The first-order chi connectivity index (χ1) is 19.5. The lowest BCUT2D eigenvalue weighted by molar-refractivity contribution is 0.0646. The van der Waals surface area contributed by atoms with Gasteiger partial charge >= 0.3 is 6.03 Å². The Morgan fingerprint density at radius 2 is 1.57 bits per heavy atom. The van der Waals surface area contributed by atoms with Gasteiger partial charge in [-0.1, -0.05) is 72.8 Å². The number of anilines is 1. The molecule has 7 heteroatoms. The van der Waals surface area contributed by atoms with Crippen molar-refractivity contribution in [3.05, 3.63) is 102 Å². The first kappa shape index (κ1) is 27.9. The molecule has 2 amide bonds. The van der Waals surface area contributed by atoms with E-state index in [0.29, 0.717) is 37.8 Å². The van der Waals surface area contributed by atoms with Gasteiger partial charge in [0.2, 0.25) is 0 Å². The number of nitrogens with two attached hydrogens (primary N) is 1. The summed E-state index contributed by atoms with van der Waals surface area (Å²) in [5, 5.41) is 7.85. The predicted molar refractivity (Wildman–Crippen MR) is 161 cm³/mol. The second-order valence-electron chi connectivity index (χ2n) is 11.1. The predicted octanol–water partition coefficient (Wildman–Crippen LogP) is 5.00. The van der Waals surface area contributed by atoms with Crippen LogP contribution < -0.4 is 10.6 Å². The average Bonchev–Trinajstić information content (AvgIpc) is 2.99. The quantitative estimate of drug-likeness (QED) is 0.265. The molecule has 2 aliphatic heterocycles. The maximum absolute atomic E-state index is 13.8. The number of hydrogen-bond acceptors (Lipinski definition) is 4. The maximum Gasteiger partial charge on any atom is 0.324 e. The van der Waals surface area contributed by atoms with Crippen molar-refractivity contribution < 1.29 is 9.53 Å². The molecule has 5 rings (SSSR count). The molecule has 3 aromatic carbocycles. The number of likely N-dealkylation sites (tertiary alicyclic amines) is 1. The van der Waals surface area contributed by atoms with Crippen molar-refractivity contribution in [1.82, 2.24) is 9.80 Å². The van der Waals surface area contributed by atoms with Gasteiger partial charge in [-0.25, -0.2) is 4.79 Å². The molecular formula is C33H41N5O2. The molecule has 2 saturated heterocycles. The van der Waals surface area contributed by atoms with Gasteiger partial charge in [0, 0.05) is 43.3 Å². The SMILES string of the molecule is N=C(N)c1cccc(N2CC(COCc3ccccc3)CN(CC3CCN(CCc4ccccc4)CC3)C2=O)c1. The number of urea groups is 1. The van der Waals surface area contributed by atoms with Crippen molar-refractivity contribution in [3.8, 4) is 0 Å². The van der Waals surface area contributed by atoms with Gasteiger partial charge in [-0.3, -0.25) is 10.3 Å². The zero-order chi connectivity index (χ0) is 27.7. The van der Waals surface area contributed by atoms with E-state index in [1.807, 2.05) is 52.3 Å². The van der Waals surface area contributed by atoms with E-state index in [0.717, 1.165) is 56.7 Å². The van der Waals surface area contributed by atoms with E-state index in [9.17, 15) is 4.79 Å². The number of nitrogens with zero attached hydrogens (tertiary/aromatic N) is 3. The molecule has 0 radical (unpaired) electrons. The van der Waals surface area contributed by atoms with E-state index >= 15 is 0 Å². The summed E-state index contributed by atoms with van der Waals surface area (Å²) in [6, 6.07) is 28.4. The number of benzene rings is 3. The Labute approximate surface area is 238 Å². The van der Waals surface area contributed by atoms with Gasteiger partial charge in [0.25, 0.3) is 0 Å². The summed E-state index contributed by atoms with van der Waals surface area (Å²) in [7, 11) is 0. The summed E-state index contributed by atoms with van der Waals surface area (Å²) in [6.45, 7) is 6.44. The van der Waals surface area contributed by atoms with Crippen molar-refractivity contribution in [2.24, 2.45) is 17.6 Å². The zero-order valence-corrected chi connectivity index (χ0v) is 23.3. The lowest BCUT2D eigenvalue weighted by atomic mass is 9.94. The van der Waals surface area contributed by atoms with Crippen LogP contribution in [0.5, 0.6) is 0 Å². The normalized spacial score (nSPS) is 18.7. The highest BCUT2D eigenvalue weighted by Crippen LogP contribution is 2.27. The van der Waals surface area contributed by atoms with Crippen molar-refractivity contribution in [3.63, 3.8) is 0 Å². The molecule has 210 valence electrons. The van der Waals surface area contributed by atoms with Crippen molar-refractivity contribution in [2.45, 2.75) is 25.9 Å². The van der Waals surface area contributed by atoms with Crippen LogP contribution in [-0.2, 0) is 17.8 Å². The van der Waals surface area contributed by atoms with Crippen LogP contribution in [0.2, 0.25) is 0 Å². The molecule has 0 aliphatic carbocycles. The van der Waals surface area contributed by atoms with E-state index in [2.05, 4.69) is 47.4 Å². The van der Waals surface area contributed by atoms with Gasteiger partial charge in [0.1, 0.15) is 5.84 Å². The van der Waals surface area contributed by atoms with Crippen LogP contribution in [-0.4, -0.2) is 67.5 Å². The summed E-state index contributed by atoms with van der Waals surface area (Å²) >= 11 is 0. The second kappa shape index (κ2) is 13.6. The Bertz CT molecular complexity index is 1240. The van der Waals surface area contributed by atoms with Crippen molar-refractivity contribution in [1.29, 1.82) is 5.41 Å². The summed E-state index contributed by atoms with van der Waals surface area (Å²) in [4.78, 5) is 20.2. The summed E-state index contributed by atoms with van der Waals surface area (Å²) in [5.41, 5.74) is 9.70. The Kier molecular flexibility index (Phi) is 9.47. The summed E-state index contributed by atoms with van der Waals surface area (Å²) in [5.74, 6) is 0.685. The van der Waals surface area contributed by atoms with Crippen LogP contribution in [0.4, 0.5) is 10.5 Å². The third kappa shape index (κ3) is 7.49. The lowest BCUT2D eigenvalue weighted by Crippen LogP contribution is -2.56. The molecule has 1 atom stereocenters. The minimum Gasteiger partial charge on any atom is -0.384 e. The van der Waals surface area contributed by atoms with E-state index in [4.69, 9.17) is 15.9 Å². The minimum absolute atomic E-state index is 0.00457. The number of nitrogen functional groups attached to an aromatic ring is 1. The number of nitrogens with one attached hydrogen (secondary N) is 1. The van der Waals surface area contributed by atoms with Gasteiger partial charge in [0.05, 0.1) is 13.2 Å². The molecule has 1 unspecified atom stereocenters. The fourth-order valence-corrected chi connectivity index (χ4v) is 5.82. The largest absolute Gasteiger partial charge is 0.384 e. The van der Waals surface area contributed by atoms with Crippen LogP contribution in [0.25, 0.3) is 0 Å². The third-order valence-electron chi connectivity index (χ3n) is 8.10. The van der Waals surface area contributed by atoms with Gasteiger partial charge in [-0.15, -0.1) is 0 Å². The Morgan fingerprint density at radius 3 is 2.27 bits per heavy atom. The molecule has 2 fully saturated rings. The first-order valence-electron chi connectivity index (χ1n) is 14.4. The molecule has 0 spiro atoms. The fourth-order valence-electron chi connectivity index (χ4n) is 5.82. The van der Waals surface area contributed by atoms with Crippen LogP contribution in [0.15, 0.2) is 84.9 Å². The van der Waals surface area contributed by atoms with Gasteiger partial charge in [-0.05, 0) is 61.5 Å². The molecule has 40 heavy (non-hydrogen) atoms. The standard InChI is InChI=1S/C33H41N5O2/c34-32(35)30-12-7-13-31(20-30)38-23-29(25-40-24-28-10-5-2-6-11-28)22-37(33(38)39)21-27-15-18-36(19-16-27)17-14-26-8-3-1-4-9-26/h1-13,20,27,29H,14-19,21-25H2,(H3,34,35). The average molecular weight is 540 g/mol. The zero-order valence-electron chi connectivity index (χ0n) is 23.3. The minimum atomic E-state index is 0.00457. The highest BCUT2D eigenvalue weighted by Gasteiger charge is 2.35. The number of carbonyl (C=O) groups is 1. The molecule has 7 nitrogen and oxygen atoms in total. The monoisotopic (exact) mass is 539 g/mol. The number of carbonyl (C=O) groups excluding carboxylic acids is 1. The first-order valence-corrected chi connectivity index (χ1v) is 14.4. The van der Waals surface area contributed by atoms with Gasteiger partial charge < -0.3 is 20.3 Å².